The van der Waals surface area contributed by atoms with Crippen molar-refractivity contribution >= 4 is 0 Å². The first-order valence-electron chi connectivity index (χ1n) is 5.96. The Balaban J connectivity index is 1.79. The van der Waals surface area contributed by atoms with Gasteiger partial charge < -0.3 is 15.4 Å². The van der Waals surface area contributed by atoms with E-state index in [0.717, 1.165) is 18.8 Å². The van der Waals surface area contributed by atoms with Crippen LogP contribution < -0.4 is 15.4 Å². The minimum atomic E-state index is 0.648. The van der Waals surface area contributed by atoms with Gasteiger partial charge in [-0.3, -0.25) is 0 Å². The minimum Gasteiger partial charge on any atom is -0.496 e. The van der Waals surface area contributed by atoms with E-state index in [0.29, 0.717) is 6.04 Å². The average Bonchev–Trinajstić information content (AvgIpc) is 2.83. The third kappa shape index (κ3) is 2.97. The molecule has 0 spiro atoms. The Morgan fingerprint density at radius 2 is 2.31 bits per heavy atom. The molecule has 0 saturated carbocycles. The maximum absolute atomic E-state index is 5.31. The number of benzene rings is 1. The maximum Gasteiger partial charge on any atom is 0.123 e. The lowest BCUT2D eigenvalue weighted by Crippen LogP contribution is -2.33. The van der Waals surface area contributed by atoms with Crippen molar-refractivity contribution in [3.63, 3.8) is 0 Å². The Morgan fingerprint density at radius 3 is 3.06 bits per heavy atom. The summed E-state index contributed by atoms with van der Waals surface area (Å²) < 4.78 is 5.31. The first-order chi connectivity index (χ1) is 7.90. The number of hydrogen-bond acceptors (Lipinski definition) is 3. The lowest BCUT2D eigenvalue weighted by atomic mass is 10.2. The highest BCUT2D eigenvalue weighted by Gasteiger charge is 2.13. The lowest BCUT2D eigenvalue weighted by Gasteiger charge is -2.13. The van der Waals surface area contributed by atoms with Crippen molar-refractivity contribution in [2.24, 2.45) is 0 Å². The number of ether oxygens (including phenoxy) is 1. The van der Waals surface area contributed by atoms with Gasteiger partial charge in [0.25, 0.3) is 0 Å². The molecule has 2 N–H and O–H groups in total. The highest BCUT2D eigenvalue weighted by Crippen LogP contribution is 2.16. The summed E-state index contributed by atoms with van der Waals surface area (Å²) in [5.74, 6) is 0.967. The van der Waals surface area contributed by atoms with Crippen molar-refractivity contribution in [1.29, 1.82) is 0 Å². The zero-order chi connectivity index (χ0) is 11.2. The van der Waals surface area contributed by atoms with Gasteiger partial charge in [-0.25, -0.2) is 0 Å². The Bertz CT molecular complexity index is 321. The molecule has 1 fully saturated rings. The SMILES string of the molecule is COc1ccccc1CNC[C@@H]1CCCN1. The summed E-state index contributed by atoms with van der Waals surface area (Å²) in [7, 11) is 1.72. The molecule has 88 valence electrons. The molecule has 1 aromatic rings. The van der Waals surface area contributed by atoms with Gasteiger partial charge >= 0.3 is 0 Å². The molecule has 0 bridgehead atoms. The van der Waals surface area contributed by atoms with Gasteiger partial charge in [0.1, 0.15) is 5.75 Å². The van der Waals surface area contributed by atoms with Gasteiger partial charge in [0, 0.05) is 24.7 Å². The van der Waals surface area contributed by atoms with E-state index in [1.54, 1.807) is 7.11 Å². The van der Waals surface area contributed by atoms with Crippen LogP contribution in [0.3, 0.4) is 0 Å². The Labute approximate surface area is 97.2 Å². The monoisotopic (exact) mass is 220 g/mol. The summed E-state index contributed by atoms with van der Waals surface area (Å²) in [6.45, 7) is 3.08. The van der Waals surface area contributed by atoms with Crippen LogP contribution in [0.2, 0.25) is 0 Å². The van der Waals surface area contributed by atoms with Crippen LogP contribution in [0.1, 0.15) is 18.4 Å². The van der Waals surface area contributed by atoms with E-state index in [1.807, 2.05) is 18.2 Å². The summed E-state index contributed by atoms with van der Waals surface area (Å²) in [5.41, 5.74) is 1.22. The maximum atomic E-state index is 5.31. The predicted molar refractivity (Wildman–Crippen MR) is 65.7 cm³/mol. The zero-order valence-corrected chi connectivity index (χ0v) is 9.83. The van der Waals surface area contributed by atoms with Crippen molar-refractivity contribution in [3.05, 3.63) is 29.8 Å². The Hall–Kier alpha value is -1.06. The topological polar surface area (TPSA) is 33.3 Å². The van der Waals surface area contributed by atoms with E-state index < -0.39 is 0 Å². The highest BCUT2D eigenvalue weighted by atomic mass is 16.5. The van der Waals surface area contributed by atoms with E-state index in [2.05, 4.69) is 16.7 Å². The van der Waals surface area contributed by atoms with Crippen molar-refractivity contribution in [2.45, 2.75) is 25.4 Å². The fourth-order valence-corrected chi connectivity index (χ4v) is 2.16. The summed E-state index contributed by atoms with van der Waals surface area (Å²) in [4.78, 5) is 0. The lowest BCUT2D eigenvalue weighted by molar-refractivity contribution is 0.406. The van der Waals surface area contributed by atoms with Gasteiger partial charge in [0.15, 0.2) is 0 Å². The second-order valence-corrected chi connectivity index (χ2v) is 4.24. The number of rotatable bonds is 5. The smallest absolute Gasteiger partial charge is 0.123 e. The van der Waals surface area contributed by atoms with Crippen LogP contribution in [0.25, 0.3) is 0 Å². The fraction of sp³-hybridized carbons (Fsp3) is 0.538. The standard InChI is InChI=1S/C13H20N2O/c1-16-13-7-3-2-5-11(13)9-14-10-12-6-4-8-15-12/h2-3,5,7,12,14-15H,4,6,8-10H2,1H3/t12-/m0/s1. The largest absolute Gasteiger partial charge is 0.496 e. The van der Waals surface area contributed by atoms with Gasteiger partial charge in [-0.15, -0.1) is 0 Å². The Kier molecular flexibility index (Phi) is 4.19. The summed E-state index contributed by atoms with van der Waals surface area (Å²) in [5, 5.41) is 6.95. The first kappa shape index (κ1) is 11.4. The highest BCUT2D eigenvalue weighted by molar-refractivity contribution is 5.32. The van der Waals surface area contributed by atoms with Crippen LogP contribution in [0.15, 0.2) is 24.3 Å². The minimum absolute atomic E-state index is 0.648. The molecule has 1 aliphatic heterocycles. The summed E-state index contributed by atoms with van der Waals surface area (Å²) in [6.07, 6.45) is 2.60. The fourth-order valence-electron chi connectivity index (χ4n) is 2.16. The van der Waals surface area contributed by atoms with Crippen molar-refractivity contribution < 1.29 is 4.74 Å². The third-order valence-electron chi connectivity index (χ3n) is 3.06. The molecule has 1 aromatic carbocycles. The summed E-state index contributed by atoms with van der Waals surface area (Å²) >= 11 is 0. The first-order valence-corrected chi connectivity index (χ1v) is 5.96. The van der Waals surface area contributed by atoms with Crippen LogP contribution in [-0.4, -0.2) is 26.2 Å². The van der Waals surface area contributed by atoms with Gasteiger partial charge in [0.05, 0.1) is 7.11 Å². The molecule has 0 aromatic heterocycles. The number of methoxy groups -OCH3 is 1. The molecule has 3 nitrogen and oxygen atoms in total. The van der Waals surface area contributed by atoms with E-state index in [9.17, 15) is 0 Å². The van der Waals surface area contributed by atoms with Crippen molar-refractivity contribution in [1.82, 2.24) is 10.6 Å². The van der Waals surface area contributed by atoms with Crippen LogP contribution in [-0.2, 0) is 6.54 Å². The molecule has 1 atom stereocenters. The molecule has 0 amide bonds. The van der Waals surface area contributed by atoms with Crippen LogP contribution >= 0.6 is 0 Å². The van der Waals surface area contributed by atoms with Crippen LogP contribution in [0.4, 0.5) is 0 Å². The average molecular weight is 220 g/mol. The molecule has 1 saturated heterocycles. The number of nitrogens with one attached hydrogen (secondary N) is 2. The van der Waals surface area contributed by atoms with Crippen LogP contribution in [0.5, 0.6) is 5.75 Å². The quantitative estimate of drug-likeness (QED) is 0.789. The molecule has 0 unspecified atom stereocenters. The Morgan fingerprint density at radius 1 is 1.44 bits per heavy atom. The molecular formula is C13H20N2O. The molecule has 0 radical (unpaired) electrons. The van der Waals surface area contributed by atoms with E-state index in [1.165, 1.54) is 24.9 Å². The molecule has 16 heavy (non-hydrogen) atoms. The third-order valence-corrected chi connectivity index (χ3v) is 3.06. The van der Waals surface area contributed by atoms with Gasteiger partial charge in [0.2, 0.25) is 0 Å². The van der Waals surface area contributed by atoms with E-state index in [-0.39, 0.29) is 0 Å². The van der Waals surface area contributed by atoms with Gasteiger partial charge in [-0.1, -0.05) is 18.2 Å². The molecular weight excluding hydrogens is 200 g/mol. The van der Waals surface area contributed by atoms with Crippen molar-refractivity contribution in [3.8, 4) is 5.75 Å². The van der Waals surface area contributed by atoms with E-state index >= 15 is 0 Å². The number of para-hydroxylation sites is 1. The molecule has 1 heterocycles. The molecule has 2 rings (SSSR count). The molecule has 1 aliphatic rings. The molecule has 3 heteroatoms. The predicted octanol–water partition coefficient (Wildman–Crippen LogP) is 1.54. The summed E-state index contributed by atoms with van der Waals surface area (Å²) in [6, 6.07) is 8.81. The molecule has 0 aliphatic carbocycles. The number of hydrogen-bond donors (Lipinski definition) is 2. The second-order valence-electron chi connectivity index (χ2n) is 4.24. The van der Waals surface area contributed by atoms with E-state index in [4.69, 9.17) is 4.74 Å². The van der Waals surface area contributed by atoms with Crippen molar-refractivity contribution in [2.75, 3.05) is 20.2 Å². The second kappa shape index (κ2) is 5.87. The van der Waals surface area contributed by atoms with Gasteiger partial charge in [-0.05, 0) is 25.5 Å². The normalized spacial score (nSPS) is 19.9. The zero-order valence-electron chi connectivity index (χ0n) is 9.83. The van der Waals surface area contributed by atoms with Gasteiger partial charge in [-0.2, -0.15) is 0 Å². The van der Waals surface area contributed by atoms with Crippen LogP contribution in [0, 0.1) is 0 Å².